The number of carbonyl (C=O) groups is 1. The van der Waals surface area contributed by atoms with Gasteiger partial charge in [-0.15, -0.1) is 0 Å². The minimum atomic E-state index is -0.405. The minimum Gasteiger partial charge on any atom is -0.318 e. The first-order chi connectivity index (χ1) is 6.68. The summed E-state index contributed by atoms with van der Waals surface area (Å²) in [6.07, 6.45) is 0. The molecule has 0 bridgehead atoms. The highest BCUT2D eigenvalue weighted by molar-refractivity contribution is 8.13. The van der Waals surface area contributed by atoms with Gasteiger partial charge in [0.25, 0.3) is 0 Å². The molecule has 1 rings (SSSR count). The molecule has 4 heteroatoms. The van der Waals surface area contributed by atoms with Crippen molar-refractivity contribution in [1.82, 2.24) is 0 Å². The van der Waals surface area contributed by atoms with Gasteiger partial charge in [-0.2, -0.15) is 0 Å². The second-order valence-corrected chi connectivity index (χ2v) is 3.87. The molecule has 3 nitrogen and oxygen atoms in total. The van der Waals surface area contributed by atoms with Gasteiger partial charge in [-0.25, -0.2) is 4.79 Å². The average molecular weight is 209 g/mol. The second-order valence-electron chi connectivity index (χ2n) is 2.61. The van der Waals surface area contributed by atoms with Gasteiger partial charge in [-0.05, 0) is 19.1 Å². The Bertz CT molecular complexity index is 335. The predicted molar refractivity (Wildman–Crippen MR) is 57.2 cm³/mol. The van der Waals surface area contributed by atoms with Gasteiger partial charge >= 0.3 is 5.97 Å². The monoisotopic (exact) mass is 209 g/mol. The third-order valence-corrected chi connectivity index (χ3v) is 2.19. The molecule has 0 N–H and O–H groups in total. The van der Waals surface area contributed by atoms with E-state index in [9.17, 15) is 4.79 Å². The summed E-state index contributed by atoms with van der Waals surface area (Å²) in [6, 6.07) is 9.78. The lowest BCUT2D eigenvalue weighted by molar-refractivity contribution is -0.140. The van der Waals surface area contributed by atoms with Crippen molar-refractivity contribution in [2.45, 2.75) is 18.7 Å². The molecular formula is C10H11NO2S. The maximum atomic E-state index is 10.5. The first-order valence-electron chi connectivity index (χ1n) is 4.13. The summed E-state index contributed by atoms with van der Waals surface area (Å²) in [5.41, 5.74) is 0. The van der Waals surface area contributed by atoms with Crippen LogP contribution in [0.4, 0.5) is 0 Å². The summed E-state index contributed by atoms with van der Waals surface area (Å²) >= 11 is 1.46. The molecule has 0 atom stereocenters. The standard InChI is InChI=1S/C10H11NO2S/c1-8(11-13-9(2)12)14-10-6-4-3-5-7-10/h3-7H,1-2H3/b11-8+. The molecule has 0 unspecified atom stereocenters. The van der Waals surface area contributed by atoms with E-state index in [1.54, 1.807) is 6.92 Å². The zero-order valence-electron chi connectivity index (χ0n) is 8.06. The van der Waals surface area contributed by atoms with Crippen LogP contribution in [-0.4, -0.2) is 11.0 Å². The zero-order chi connectivity index (χ0) is 10.4. The van der Waals surface area contributed by atoms with Crippen LogP contribution in [-0.2, 0) is 9.63 Å². The molecule has 0 spiro atoms. The van der Waals surface area contributed by atoms with Crippen molar-refractivity contribution in [3.8, 4) is 0 Å². The highest BCUT2D eigenvalue weighted by Crippen LogP contribution is 2.18. The van der Waals surface area contributed by atoms with Crippen molar-refractivity contribution in [3.05, 3.63) is 30.3 Å². The van der Waals surface area contributed by atoms with Crippen molar-refractivity contribution in [1.29, 1.82) is 0 Å². The van der Waals surface area contributed by atoms with Gasteiger partial charge in [0, 0.05) is 11.8 Å². The van der Waals surface area contributed by atoms with Crippen molar-refractivity contribution in [3.63, 3.8) is 0 Å². The SMILES string of the molecule is CC(=O)O/N=C(\C)Sc1ccccc1. The quantitative estimate of drug-likeness (QED) is 0.247. The lowest BCUT2D eigenvalue weighted by Gasteiger charge is -1.98. The molecule has 0 amide bonds. The number of oxime groups is 1. The summed E-state index contributed by atoms with van der Waals surface area (Å²) in [4.78, 5) is 16.0. The maximum absolute atomic E-state index is 10.5. The number of hydrogen-bond donors (Lipinski definition) is 0. The normalized spacial score (nSPS) is 11.1. The zero-order valence-corrected chi connectivity index (χ0v) is 8.88. The largest absolute Gasteiger partial charge is 0.332 e. The molecule has 1 aromatic carbocycles. The van der Waals surface area contributed by atoms with Crippen molar-refractivity contribution in [2.75, 3.05) is 0 Å². The number of nitrogens with zero attached hydrogens (tertiary/aromatic N) is 1. The number of benzene rings is 1. The van der Waals surface area contributed by atoms with Gasteiger partial charge in [0.2, 0.25) is 0 Å². The van der Waals surface area contributed by atoms with Crippen LogP contribution in [0.5, 0.6) is 0 Å². The van der Waals surface area contributed by atoms with Crippen molar-refractivity contribution >= 4 is 22.8 Å². The number of rotatable bonds is 2. The van der Waals surface area contributed by atoms with Crippen LogP contribution in [0.15, 0.2) is 40.4 Å². The fourth-order valence-corrected chi connectivity index (χ4v) is 1.52. The Morgan fingerprint density at radius 2 is 1.93 bits per heavy atom. The Hall–Kier alpha value is -1.29. The predicted octanol–water partition coefficient (Wildman–Crippen LogP) is 2.68. The van der Waals surface area contributed by atoms with E-state index in [1.165, 1.54) is 18.7 Å². The van der Waals surface area contributed by atoms with Gasteiger partial charge in [0.05, 0.1) is 0 Å². The van der Waals surface area contributed by atoms with Crippen LogP contribution in [0.3, 0.4) is 0 Å². The minimum absolute atomic E-state index is 0.405. The van der Waals surface area contributed by atoms with Crippen LogP contribution in [0, 0.1) is 0 Å². The highest BCUT2D eigenvalue weighted by atomic mass is 32.2. The van der Waals surface area contributed by atoms with E-state index in [1.807, 2.05) is 30.3 Å². The Morgan fingerprint density at radius 1 is 1.29 bits per heavy atom. The summed E-state index contributed by atoms with van der Waals surface area (Å²) in [6.45, 7) is 3.12. The highest BCUT2D eigenvalue weighted by Gasteiger charge is 1.97. The van der Waals surface area contributed by atoms with Gasteiger partial charge in [-0.1, -0.05) is 35.1 Å². The lowest BCUT2D eigenvalue weighted by atomic mass is 10.4. The number of carbonyl (C=O) groups excluding carboxylic acids is 1. The lowest BCUT2D eigenvalue weighted by Crippen LogP contribution is -1.94. The number of thioether (sulfide) groups is 1. The topological polar surface area (TPSA) is 38.7 Å². The van der Waals surface area contributed by atoms with Gasteiger partial charge in [0.15, 0.2) is 0 Å². The third kappa shape index (κ3) is 4.09. The van der Waals surface area contributed by atoms with Crippen molar-refractivity contribution < 1.29 is 9.63 Å². The van der Waals surface area contributed by atoms with E-state index in [4.69, 9.17) is 0 Å². The van der Waals surface area contributed by atoms with Gasteiger partial charge < -0.3 is 4.84 Å². The van der Waals surface area contributed by atoms with E-state index in [0.717, 1.165) is 4.90 Å². The molecule has 0 aliphatic carbocycles. The van der Waals surface area contributed by atoms with E-state index in [0.29, 0.717) is 5.04 Å². The summed E-state index contributed by atoms with van der Waals surface area (Å²) in [5, 5.41) is 4.35. The fraction of sp³-hybridized carbons (Fsp3) is 0.200. The van der Waals surface area contributed by atoms with Crippen LogP contribution in [0.25, 0.3) is 0 Å². The Morgan fingerprint density at radius 3 is 2.50 bits per heavy atom. The van der Waals surface area contributed by atoms with E-state index in [2.05, 4.69) is 9.99 Å². The van der Waals surface area contributed by atoms with Gasteiger partial charge in [-0.3, -0.25) is 0 Å². The Balaban J connectivity index is 2.53. The van der Waals surface area contributed by atoms with E-state index in [-0.39, 0.29) is 0 Å². The van der Waals surface area contributed by atoms with Crippen LogP contribution in [0.2, 0.25) is 0 Å². The fourth-order valence-electron chi connectivity index (χ4n) is 0.806. The molecule has 0 saturated heterocycles. The molecule has 74 valence electrons. The summed E-state index contributed by atoms with van der Waals surface area (Å²) < 4.78 is 0. The summed E-state index contributed by atoms with van der Waals surface area (Å²) in [5.74, 6) is -0.405. The molecule has 1 aromatic rings. The van der Waals surface area contributed by atoms with Crippen LogP contribution >= 0.6 is 11.8 Å². The van der Waals surface area contributed by atoms with E-state index < -0.39 is 5.97 Å². The van der Waals surface area contributed by atoms with E-state index >= 15 is 0 Å². The van der Waals surface area contributed by atoms with Gasteiger partial charge in [0.1, 0.15) is 5.04 Å². The Kier molecular flexibility index (Phi) is 4.19. The first-order valence-corrected chi connectivity index (χ1v) is 4.95. The molecule has 0 heterocycles. The smallest absolute Gasteiger partial charge is 0.318 e. The molecule has 0 fully saturated rings. The molecular weight excluding hydrogens is 198 g/mol. The molecule has 0 aromatic heterocycles. The maximum Gasteiger partial charge on any atom is 0.332 e. The first kappa shape index (κ1) is 10.8. The average Bonchev–Trinajstić information content (AvgIpc) is 2.16. The number of hydrogen-bond acceptors (Lipinski definition) is 4. The van der Waals surface area contributed by atoms with Crippen LogP contribution in [0.1, 0.15) is 13.8 Å². The third-order valence-electron chi connectivity index (χ3n) is 1.31. The molecule has 0 aliphatic rings. The molecule has 0 saturated carbocycles. The Labute approximate surface area is 87.1 Å². The molecule has 14 heavy (non-hydrogen) atoms. The molecule has 0 radical (unpaired) electrons. The second kappa shape index (κ2) is 5.44. The van der Waals surface area contributed by atoms with Crippen LogP contribution < -0.4 is 0 Å². The summed E-state index contributed by atoms with van der Waals surface area (Å²) in [7, 11) is 0. The molecule has 0 aliphatic heterocycles. The van der Waals surface area contributed by atoms with Crippen molar-refractivity contribution in [2.24, 2.45) is 5.16 Å².